The average Bonchev–Trinajstić information content (AvgIpc) is 2.50. The van der Waals surface area contributed by atoms with Gasteiger partial charge in [0.05, 0.1) is 26.8 Å². The van der Waals surface area contributed by atoms with Crippen molar-refractivity contribution in [2.24, 2.45) is 0 Å². The highest BCUT2D eigenvalue weighted by Crippen LogP contribution is 2.32. The van der Waals surface area contributed by atoms with Gasteiger partial charge in [-0.15, -0.1) is 0 Å². The summed E-state index contributed by atoms with van der Waals surface area (Å²) in [5.74, 6) is 0.694. The zero-order chi connectivity index (χ0) is 16.1. The monoisotopic (exact) mass is 312 g/mol. The van der Waals surface area contributed by atoms with Crippen LogP contribution in [0.1, 0.15) is 24.1 Å². The maximum Gasteiger partial charge on any atom is 0.161 e. The molecular weight excluding hydrogens is 284 g/mol. The molecule has 3 atom stereocenters. The van der Waals surface area contributed by atoms with Crippen molar-refractivity contribution in [3.05, 3.63) is 23.3 Å². The standard InChI is InChI=1S/C16H26N2O4/c1-11-14-8-16(22-2)15(21)7-12(14)3-5-18(11)10-13(20)9-17-4-6-19/h7-8,11,13,17,19-21H,3-6,9-10H2,1-2H3/p+2/t11-,13-/m0/s1. The van der Waals surface area contributed by atoms with Crippen molar-refractivity contribution in [1.82, 2.24) is 0 Å². The molecule has 0 bridgehead atoms. The third kappa shape index (κ3) is 3.89. The summed E-state index contributed by atoms with van der Waals surface area (Å²) in [5, 5.41) is 30.7. The lowest BCUT2D eigenvalue weighted by Gasteiger charge is -2.33. The number of nitrogens with two attached hydrogens (primary N) is 1. The number of quaternary nitrogens is 2. The molecule has 1 unspecified atom stereocenters. The molecular formula is C16H28N2O4+2. The minimum Gasteiger partial charge on any atom is -0.504 e. The number of fused-ring (bicyclic) bond motifs is 1. The normalized spacial score (nSPS) is 22.2. The van der Waals surface area contributed by atoms with Crippen molar-refractivity contribution in [2.45, 2.75) is 25.5 Å². The summed E-state index contributed by atoms with van der Waals surface area (Å²) < 4.78 is 5.20. The number of methoxy groups -OCH3 is 1. The van der Waals surface area contributed by atoms with Crippen LogP contribution >= 0.6 is 0 Å². The second-order valence-corrected chi connectivity index (χ2v) is 6.00. The fourth-order valence-electron chi connectivity index (χ4n) is 3.21. The van der Waals surface area contributed by atoms with Gasteiger partial charge in [-0.1, -0.05) is 0 Å². The van der Waals surface area contributed by atoms with Crippen LogP contribution in [0.5, 0.6) is 11.5 Å². The predicted molar refractivity (Wildman–Crippen MR) is 82.2 cm³/mol. The van der Waals surface area contributed by atoms with Crippen LogP contribution in [0.15, 0.2) is 12.1 Å². The highest BCUT2D eigenvalue weighted by molar-refractivity contribution is 5.47. The highest BCUT2D eigenvalue weighted by Gasteiger charge is 2.30. The van der Waals surface area contributed by atoms with Crippen molar-refractivity contribution < 1.29 is 30.3 Å². The molecule has 1 aromatic rings. The minimum atomic E-state index is -0.385. The molecule has 124 valence electrons. The van der Waals surface area contributed by atoms with Gasteiger partial charge in [-0.2, -0.15) is 0 Å². The Balaban J connectivity index is 2.03. The molecule has 1 heterocycles. The van der Waals surface area contributed by atoms with Gasteiger partial charge >= 0.3 is 0 Å². The number of rotatable bonds is 7. The Morgan fingerprint density at radius 1 is 1.45 bits per heavy atom. The molecule has 0 fully saturated rings. The molecule has 0 radical (unpaired) electrons. The lowest BCUT2D eigenvalue weighted by molar-refractivity contribution is -0.936. The molecule has 6 nitrogen and oxygen atoms in total. The Hall–Kier alpha value is -1.34. The first-order chi connectivity index (χ1) is 10.6. The predicted octanol–water partition coefficient (Wildman–Crippen LogP) is -2.18. The van der Waals surface area contributed by atoms with Gasteiger partial charge < -0.3 is 30.3 Å². The molecule has 0 amide bonds. The lowest BCUT2D eigenvalue weighted by Crippen LogP contribution is -3.14. The third-order valence-electron chi connectivity index (χ3n) is 4.50. The van der Waals surface area contributed by atoms with E-state index in [-0.39, 0.29) is 24.5 Å². The molecule has 6 N–H and O–H groups in total. The smallest absolute Gasteiger partial charge is 0.161 e. The number of aliphatic hydroxyl groups is 2. The topological polar surface area (TPSA) is 91.0 Å². The number of benzene rings is 1. The fourth-order valence-corrected chi connectivity index (χ4v) is 3.21. The van der Waals surface area contributed by atoms with Gasteiger partial charge in [0.15, 0.2) is 17.6 Å². The van der Waals surface area contributed by atoms with E-state index in [1.165, 1.54) is 10.5 Å². The molecule has 1 aliphatic rings. The van der Waals surface area contributed by atoms with E-state index in [1.54, 1.807) is 13.2 Å². The van der Waals surface area contributed by atoms with Gasteiger partial charge in [0.1, 0.15) is 19.1 Å². The number of hydrogen-bond donors (Lipinski definition) is 5. The van der Waals surface area contributed by atoms with Crippen molar-refractivity contribution in [3.63, 3.8) is 0 Å². The van der Waals surface area contributed by atoms with E-state index >= 15 is 0 Å². The summed E-state index contributed by atoms with van der Waals surface area (Å²) in [6, 6.07) is 3.97. The Labute approximate surface area is 131 Å². The molecule has 0 saturated carbocycles. The van der Waals surface area contributed by atoms with E-state index in [0.29, 0.717) is 25.4 Å². The van der Waals surface area contributed by atoms with E-state index in [9.17, 15) is 10.2 Å². The summed E-state index contributed by atoms with van der Waals surface area (Å²) in [5.41, 5.74) is 2.35. The number of phenolic OH excluding ortho intramolecular Hbond substituents is 1. The van der Waals surface area contributed by atoms with E-state index in [4.69, 9.17) is 9.84 Å². The van der Waals surface area contributed by atoms with Gasteiger partial charge in [0.2, 0.25) is 0 Å². The maximum atomic E-state index is 10.1. The molecule has 0 spiro atoms. The van der Waals surface area contributed by atoms with Crippen LogP contribution in [0, 0.1) is 0 Å². The summed E-state index contributed by atoms with van der Waals surface area (Å²) >= 11 is 0. The molecule has 0 aromatic heterocycles. The van der Waals surface area contributed by atoms with Crippen LogP contribution in [0.25, 0.3) is 0 Å². The van der Waals surface area contributed by atoms with Gasteiger partial charge in [-0.25, -0.2) is 0 Å². The van der Waals surface area contributed by atoms with Crippen LogP contribution in [-0.4, -0.2) is 61.3 Å². The van der Waals surface area contributed by atoms with Gasteiger partial charge in [0, 0.05) is 12.0 Å². The van der Waals surface area contributed by atoms with Gasteiger partial charge in [-0.3, -0.25) is 0 Å². The zero-order valence-corrected chi connectivity index (χ0v) is 13.4. The Morgan fingerprint density at radius 3 is 2.91 bits per heavy atom. The SMILES string of the molecule is COc1cc2c(cc1O)CC[NH+](C[C@@H](O)C[NH2+]CCO)[C@H]2C. The summed E-state index contributed by atoms with van der Waals surface area (Å²) in [7, 11) is 1.56. The molecule has 2 rings (SSSR count). The average molecular weight is 312 g/mol. The van der Waals surface area contributed by atoms with Crippen molar-refractivity contribution in [1.29, 1.82) is 0 Å². The van der Waals surface area contributed by atoms with Crippen LogP contribution in [0.2, 0.25) is 0 Å². The molecule has 0 saturated heterocycles. The van der Waals surface area contributed by atoms with Crippen LogP contribution in [0.4, 0.5) is 0 Å². The molecule has 22 heavy (non-hydrogen) atoms. The fraction of sp³-hybridized carbons (Fsp3) is 0.625. The lowest BCUT2D eigenvalue weighted by atomic mass is 9.92. The number of hydrogen-bond acceptors (Lipinski definition) is 4. The van der Waals surface area contributed by atoms with Crippen LogP contribution < -0.4 is 15.0 Å². The van der Waals surface area contributed by atoms with Crippen molar-refractivity contribution >= 4 is 0 Å². The largest absolute Gasteiger partial charge is 0.504 e. The number of nitrogens with one attached hydrogen (secondary N) is 1. The first-order valence-corrected chi connectivity index (χ1v) is 7.91. The van der Waals surface area contributed by atoms with Crippen LogP contribution in [0.3, 0.4) is 0 Å². The first kappa shape index (κ1) is 17.0. The molecule has 0 aliphatic carbocycles. The first-order valence-electron chi connectivity index (χ1n) is 7.91. The summed E-state index contributed by atoms with van der Waals surface area (Å²) in [6.45, 7) is 5.15. The summed E-state index contributed by atoms with van der Waals surface area (Å²) in [6.07, 6.45) is 0.504. The molecule has 6 heteroatoms. The number of aromatic hydroxyl groups is 1. The second kappa shape index (κ2) is 7.78. The minimum absolute atomic E-state index is 0.135. The zero-order valence-electron chi connectivity index (χ0n) is 13.4. The number of phenols is 1. The molecule has 1 aliphatic heterocycles. The van der Waals surface area contributed by atoms with Gasteiger partial charge in [0.25, 0.3) is 0 Å². The Morgan fingerprint density at radius 2 is 2.23 bits per heavy atom. The van der Waals surface area contributed by atoms with Crippen molar-refractivity contribution in [2.75, 3.05) is 39.9 Å². The van der Waals surface area contributed by atoms with Crippen molar-refractivity contribution in [3.8, 4) is 11.5 Å². The second-order valence-electron chi connectivity index (χ2n) is 6.00. The van der Waals surface area contributed by atoms with Gasteiger partial charge in [-0.05, 0) is 24.6 Å². The van der Waals surface area contributed by atoms with E-state index in [1.807, 2.05) is 11.4 Å². The van der Waals surface area contributed by atoms with Crippen LogP contribution in [-0.2, 0) is 6.42 Å². The number of ether oxygens (including phenoxy) is 1. The van der Waals surface area contributed by atoms with E-state index in [2.05, 4.69) is 6.92 Å². The Bertz CT molecular complexity index is 495. The Kier molecular flexibility index (Phi) is 6.02. The summed E-state index contributed by atoms with van der Waals surface area (Å²) in [4.78, 5) is 1.34. The molecule has 1 aromatic carbocycles. The van der Waals surface area contributed by atoms with E-state index < -0.39 is 0 Å². The van der Waals surface area contributed by atoms with E-state index in [0.717, 1.165) is 18.5 Å². The third-order valence-corrected chi connectivity index (χ3v) is 4.50. The quantitative estimate of drug-likeness (QED) is 0.370. The highest BCUT2D eigenvalue weighted by atomic mass is 16.5. The number of aliphatic hydroxyl groups excluding tert-OH is 2. The maximum absolute atomic E-state index is 10.1.